The van der Waals surface area contributed by atoms with E-state index in [9.17, 15) is 4.79 Å². The summed E-state index contributed by atoms with van der Waals surface area (Å²) < 4.78 is 0.874. The fourth-order valence-electron chi connectivity index (χ4n) is 1.43. The number of ketones is 1. The lowest BCUT2D eigenvalue weighted by Gasteiger charge is -2.02. The molecule has 0 aliphatic carbocycles. The number of nitrogens with zero attached hydrogens (tertiary/aromatic N) is 1. The highest BCUT2D eigenvalue weighted by atomic mass is 79.9. The van der Waals surface area contributed by atoms with E-state index in [2.05, 4.69) is 20.9 Å². The van der Waals surface area contributed by atoms with Gasteiger partial charge in [-0.25, -0.2) is 0 Å². The van der Waals surface area contributed by atoms with Gasteiger partial charge >= 0.3 is 0 Å². The highest BCUT2D eigenvalue weighted by Gasteiger charge is 2.09. The normalized spacial score (nSPS) is 10.1. The maximum absolute atomic E-state index is 11.9. The van der Waals surface area contributed by atoms with E-state index in [1.807, 2.05) is 42.5 Å². The molecule has 1 aromatic carbocycles. The van der Waals surface area contributed by atoms with Crippen molar-refractivity contribution in [2.24, 2.45) is 0 Å². The van der Waals surface area contributed by atoms with E-state index >= 15 is 0 Å². The zero-order valence-electron chi connectivity index (χ0n) is 8.56. The van der Waals surface area contributed by atoms with E-state index in [1.54, 1.807) is 6.20 Å². The third kappa shape index (κ3) is 2.55. The molecule has 0 aliphatic heterocycles. The van der Waals surface area contributed by atoms with Gasteiger partial charge in [0.25, 0.3) is 0 Å². The summed E-state index contributed by atoms with van der Waals surface area (Å²) in [5, 5.41) is 0. The van der Waals surface area contributed by atoms with Crippen molar-refractivity contribution in [3.05, 3.63) is 64.4 Å². The largest absolute Gasteiger partial charge is 0.294 e. The first-order chi connectivity index (χ1) is 7.77. The zero-order chi connectivity index (χ0) is 11.4. The van der Waals surface area contributed by atoms with Crippen LogP contribution in [0.2, 0.25) is 0 Å². The number of carbonyl (C=O) groups excluding carboxylic acids is 1. The van der Waals surface area contributed by atoms with Crippen molar-refractivity contribution in [3.8, 4) is 0 Å². The van der Waals surface area contributed by atoms with Gasteiger partial charge < -0.3 is 0 Å². The van der Waals surface area contributed by atoms with E-state index in [4.69, 9.17) is 0 Å². The Bertz CT molecular complexity index is 496. The Labute approximate surface area is 102 Å². The Kier molecular flexibility index (Phi) is 3.47. The van der Waals surface area contributed by atoms with Crippen molar-refractivity contribution in [2.45, 2.75) is 6.42 Å². The first-order valence-electron chi connectivity index (χ1n) is 4.95. The summed E-state index contributed by atoms with van der Waals surface area (Å²) >= 11 is 3.38. The van der Waals surface area contributed by atoms with Gasteiger partial charge in [-0.2, -0.15) is 0 Å². The average molecular weight is 276 g/mol. The topological polar surface area (TPSA) is 30.0 Å². The number of benzene rings is 1. The molecule has 0 fully saturated rings. The second-order valence-corrected chi connectivity index (χ2v) is 4.25. The smallest absolute Gasteiger partial charge is 0.168 e. The van der Waals surface area contributed by atoms with Gasteiger partial charge in [0, 0.05) is 16.2 Å². The molecule has 0 spiro atoms. The standard InChI is InChI=1S/C13H10BrNO/c14-11-7-4-8-15-12(11)9-13(16)10-5-2-1-3-6-10/h1-8H,9H2. The molecule has 2 rings (SSSR count). The Morgan fingerprint density at radius 1 is 1.12 bits per heavy atom. The lowest BCUT2D eigenvalue weighted by atomic mass is 10.1. The monoisotopic (exact) mass is 275 g/mol. The van der Waals surface area contributed by atoms with E-state index in [0.717, 1.165) is 15.7 Å². The highest BCUT2D eigenvalue weighted by Crippen LogP contribution is 2.15. The summed E-state index contributed by atoms with van der Waals surface area (Å²) in [6, 6.07) is 13.0. The fraction of sp³-hybridized carbons (Fsp3) is 0.0769. The number of hydrogen-bond acceptors (Lipinski definition) is 2. The number of aromatic nitrogens is 1. The third-order valence-corrected chi connectivity index (χ3v) is 2.98. The van der Waals surface area contributed by atoms with Crippen LogP contribution in [0.4, 0.5) is 0 Å². The van der Waals surface area contributed by atoms with Crippen molar-refractivity contribution < 1.29 is 4.79 Å². The van der Waals surface area contributed by atoms with Gasteiger partial charge in [-0.1, -0.05) is 30.3 Å². The van der Waals surface area contributed by atoms with Crippen LogP contribution >= 0.6 is 15.9 Å². The van der Waals surface area contributed by atoms with E-state index in [-0.39, 0.29) is 5.78 Å². The van der Waals surface area contributed by atoms with E-state index in [0.29, 0.717) is 6.42 Å². The highest BCUT2D eigenvalue weighted by molar-refractivity contribution is 9.10. The van der Waals surface area contributed by atoms with Crippen molar-refractivity contribution in [2.75, 3.05) is 0 Å². The maximum Gasteiger partial charge on any atom is 0.168 e. The number of pyridine rings is 1. The molecule has 0 saturated carbocycles. The number of carbonyl (C=O) groups is 1. The molecule has 16 heavy (non-hydrogen) atoms. The number of rotatable bonds is 3. The molecule has 0 aliphatic rings. The van der Waals surface area contributed by atoms with Crippen LogP contribution in [0, 0.1) is 0 Å². The molecule has 0 N–H and O–H groups in total. The summed E-state index contributed by atoms with van der Waals surface area (Å²) in [6.45, 7) is 0. The molecular weight excluding hydrogens is 266 g/mol. The molecular formula is C13H10BrNO. The van der Waals surface area contributed by atoms with Crippen LogP contribution in [0.5, 0.6) is 0 Å². The fourth-order valence-corrected chi connectivity index (χ4v) is 1.82. The zero-order valence-corrected chi connectivity index (χ0v) is 10.1. The molecule has 0 atom stereocenters. The second-order valence-electron chi connectivity index (χ2n) is 3.40. The number of hydrogen-bond donors (Lipinski definition) is 0. The van der Waals surface area contributed by atoms with Crippen LogP contribution < -0.4 is 0 Å². The maximum atomic E-state index is 11.9. The third-order valence-electron chi connectivity index (χ3n) is 2.26. The van der Waals surface area contributed by atoms with Gasteiger partial charge in [-0.05, 0) is 28.1 Å². The predicted molar refractivity (Wildman–Crippen MR) is 66.4 cm³/mol. The summed E-state index contributed by atoms with van der Waals surface area (Å²) in [5.74, 6) is 0.0833. The van der Waals surface area contributed by atoms with Crippen LogP contribution in [-0.4, -0.2) is 10.8 Å². The average Bonchev–Trinajstić information content (AvgIpc) is 2.33. The lowest BCUT2D eigenvalue weighted by molar-refractivity contribution is 0.0992. The van der Waals surface area contributed by atoms with Gasteiger partial charge in [0.15, 0.2) is 5.78 Å². The second kappa shape index (κ2) is 5.03. The van der Waals surface area contributed by atoms with E-state index in [1.165, 1.54) is 0 Å². The molecule has 80 valence electrons. The molecule has 0 saturated heterocycles. The molecule has 1 heterocycles. The summed E-state index contributed by atoms with van der Waals surface area (Å²) in [4.78, 5) is 16.1. The predicted octanol–water partition coefficient (Wildman–Crippen LogP) is 3.27. The van der Waals surface area contributed by atoms with Crippen molar-refractivity contribution in [1.29, 1.82) is 0 Å². The van der Waals surface area contributed by atoms with Crippen molar-refractivity contribution in [1.82, 2.24) is 4.98 Å². The molecule has 3 heteroatoms. The molecule has 0 amide bonds. The number of Topliss-reactive ketones (excluding diaryl/α,β-unsaturated/α-hetero) is 1. The quantitative estimate of drug-likeness (QED) is 0.805. The first-order valence-corrected chi connectivity index (χ1v) is 5.74. The minimum Gasteiger partial charge on any atom is -0.294 e. The van der Waals surface area contributed by atoms with Crippen molar-refractivity contribution in [3.63, 3.8) is 0 Å². The van der Waals surface area contributed by atoms with Crippen LogP contribution in [0.3, 0.4) is 0 Å². The Morgan fingerprint density at radius 2 is 1.88 bits per heavy atom. The van der Waals surface area contributed by atoms with Gasteiger partial charge in [-0.15, -0.1) is 0 Å². The number of halogens is 1. The van der Waals surface area contributed by atoms with Gasteiger partial charge in [0.1, 0.15) is 0 Å². The lowest BCUT2D eigenvalue weighted by Crippen LogP contribution is -2.05. The summed E-state index contributed by atoms with van der Waals surface area (Å²) in [6.07, 6.45) is 2.02. The minimum absolute atomic E-state index is 0.0833. The molecule has 2 aromatic rings. The molecule has 0 bridgehead atoms. The Balaban J connectivity index is 2.18. The van der Waals surface area contributed by atoms with E-state index < -0.39 is 0 Å². The minimum atomic E-state index is 0.0833. The van der Waals surface area contributed by atoms with Gasteiger partial charge in [-0.3, -0.25) is 9.78 Å². The first kappa shape index (κ1) is 11.0. The van der Waals surface area contributed by atoms with Gasteiger partial charge in [0.2, 0.25) is 0 Å². The van der Waals surface area contributed by atoms with Crippen LogP contribution in [0.25, 0.3) is 0 Å². The summed E-state index contributed by atoms with van der Waals surface area (Å²) in [7, 11) is 0. The van der Waals surface area contributed by atoms with Crippen LogP contribution in [0.15, 0.2) is 53.1 Å². The Morgan fingerprint density at radius 3 is 2.56 bits per heavy atom. The molecule has 0 radical (unpaired) electrons. The molecule has 2 nitrogen and oxygen atoms in total. The summed E-state index contributed by atoms with van der Waals surface area (Å²) in [5.41, 5.74) is 1.50. The molecule has 0 unspecified atom stereocenters. The Hall–Kier alpha value is -1.48. The van der Waals surface area contributed by atoms with Crippen molar-refractivity contribution >= 4 is 21.7 Å². The molecule has 1 aromatic heterocycles. The SMILES string of the molecule is O=C(Cc1ncccc1Br)c1ccccc1. The van der Waals surface area contributed by atoms with Crippen LogP contribution in [-0.2, 0) is 6.42 Å². The van der Waals surface area contributed by atoms with Gasteiger partial charge in [0.05, 0.1) is 12.1 Å². The van der Waals surface area contributed by atoms with Crippen LogP contribution in [0.1, 0.15) is 16.1 Å².